The van der Waals surface area contributed by atoms with Gasteiger partial charge in [-0.15, -0.1) is 0 Å². The Hall–Kier alpha value is -2.17. The number of nitrogens with zero attached hydrogens (tertiary/aromatic N) is 2. The molecule has 0 aliphatic carbocycles. The summed E-state index contributed by atoms with van der Waals surface area (Å²) in [7, 11) is 0. The van der Waals surface area contributed by atoms with Crippen LogP contribution < -0.4 is 0 Å². The first-order valence-electron chi connectivity index (χ1n) is 8.03. The van der Waals surface area contributed by atoms with E-state index in [1.807, 2.05) is 43.3 Å². The highest BCUT2D eigenvalue weighted by Crippen LogP contribution is 2.34. The Morgan fingerprint density at radius 1 is 1.33 bits per heavy atom. The molecule has 3 aromatic rings. The molecular formula is C19H17ClN2O2. The normalized spacial score (nSPS) is 17.5. The van der Waals surface area contributed by atoms with Crippen molar-refractivity contribution in [2.24, 2.45) is 0 Å². The number of carbonyl (C=O) groups excluding carboxylic acids is 1. The van der Waals surface area contributed by atoms with Gasteiger partial charge >= 0.3 is 0 Å². The fraction of sp³-hybridized carbons (Fsp3) is 0.263. The van der Waals surface area contributed by atoms with Gasteiger partial charge in [0, 0.05) is 17.2 Å². The molecule has 1 saturated heterocycles. The molecule has 0 bridgehead atoms. The Morgan fingerprint density at radius 2 is 2.21 bits per heavy atom. The summed E-state index contributed by atoms with van der Waals surface area (Å²) in [6, 6.07) is 11.4. The van der Waals surface area contributed by atoms with Crippen LogP contribution in [0, 0.1) is 6.92 Å². The maximum Gasteiger partial charge on any atom is 0.150 e. The van der Waals surface area contributed by atoms with Crippen molar-refractivity contribution >= 4 is 28.9 Å². The zero-order valence-corrected chi connectivity index (χ0v) is 14.1. The molecule has 1 aliphatic heterocycles. The number of ether oxygens (including phenoxy) is 1. The van der Waals surface area contributed by atoms with E-state index < -0.39 is 0 Å². The SMILES string of the molecule is Cc1c(C=O)cccc1-n1c(C2CCCO2)nc2cc(Cl)ccc21. The molecule has 0 spiro atoms. The van der Waals surface area contributed by atoms with Crippen molar-refractivity contribution in [3.8, 4) is 5.69 Å². The Morgan fingerprint density at radius 3 is 2.96 bits per heavy atom. The van der Waals surface area contributed by atoms with Crippen molar-refractivity contribution < 1.29 is 9.53 Å². The van der Waals surface area contributed by atoms with E-state index in [9.17, 15) is 4.79 Å². The number of fused-ring (bicyclic) bond motifs is 1. The molecule has 1 fully saturated rings. The highest BCUT2D eigenvalue weighted by molar-refractivity contribution is 6.31. The second-order valence-corrected chi connectivity index (χ2v) is 6.49. The van der Waals surface area contributed by atoms with E-state index >= 15 is 0 Å². The Bertz CT molecular complexity index is 927. The van der Waals surface area contributed by atoms with Crippen LogP contribution in [0.25, 0.3) is 16.7 Å². The van der Waals surface area contributed by atoms with Crippen LogP contribution >= 0.6 is 11.6 Å². The summed E-state index contributed by atoms with van der Waals surface area (Å²) >= 11 is 6.14. The Kier molecular flexibility index (Phi) is 3.87. The minimum absolute atomic E-state index is 0.0320. The number of rotatable bonds is 3. The van der Waals surface area contributed by atoms with Crippen molar-refractivity contribution in [1.29, 1.82) is 0 Å². The van der Waals surface area contributed by atoms with Crippen molar-refractivity contribution in [3.63, 3.8) is 0 Å². The summed E-state index contributed by atoms with van der Waals surface area (Å²) in [6.45, 7) is 2.71. The molecular weight excluding hydrogens is 324 g/mol. The topological polar surface area (TPSA) is 44.1 Å². The van der Waals surface area contributed by atoms with Gasteiger partial charge in [-0.1, -0.05) is 23.7 Å². The molecule has 0 N–H and O–H groups in total. The van der Waals surface area contributed by atoms with Crippen molar-refractivity contribution in [2.45, 2.75) is 25.9 Å². The third-order valence-corrected chi connectivity index (χ3v) is 4.81. The van der Waals surface area contributed by atoms with E-state index in [0.717, 1.165) is 53.8 Å². The van der Waals surface area contributed by atoms with Gasteiger partial charge in [0.25, 0.3) is 0 Å². The molecule has 0 amide bonds. The van der Waals surface area contributed by atoms with Gasteiger partial charge < -0.3 is 4.74 Å². The van der Waals surface area contributed by atoms with Crippen LogP contribution in [0.1, 0.15) is 40.7 Å². The average molecular weight is 341 g/mol. The molecule has 24 heavy (non-hydrogen) atoms. The van der Waals surface area contributed by atoms with E-state index in [1.54, 1.807) is 0 Å². The minimum Gasteiger partial charge on any atom is -0.370 e. The molecule has 2 heterocycles. The van der Waals surface area contributed by atoms with Crippen LogP contribution in [-0.4, -0.2) is 22.4 Å². The first-order valence-corrected chi connectivity index (χ1v) is 8.41. The molecule has 1 aliphatic rings. The minimum atomic E-state index is -0.0320. The lowest BCUT2D eigenvalue weighted by Gasteiger charge is -2.16. The van der Waals surface area contributed by atoms with Gasteiger partial charge in [-0.2, -0.15) is 0 Å². The maximum atomic E-state index is 11.3. The molecule has 0 radical (unpaired) electrons. The quantitative estimate of drug-likeness (QED) is 0.652. The summed E-state index contributed by atoms with van der Waals surface area (Å²) in [6.07, 6.45) is 2.84. The number of hydrogen-bond donors (Lipinski definition) is 0. The number of hydrogen-bond acceptors (Lipinski definition) is 3. The highest BCUT2D eigenvalue weighted by Gasteiger charge is 2.26. The third kappa shape index (κ3) is 2.43. The average Bonchev–Trinajstić information content (AvgIpc) is 3.22. The van der Waals surface area contributed by atoms with Crippen LogP contribution in [-0.2, 0) is 4.74 Å². The zero-order valence-electron chi connectivity index (χ0n) is 13.3. The molecule has 4 nitrogen and oxygen atoms in total. The molecule has 1 unspecified atom stereocenters. The predicted molar refractivity (Wildman–Crippen MR) is 94.1 cm³/mol. The summed E-state index contributed by atoms with van der Waals surface area (Å²) in [5, 5.41) is 0.657. The Balaban J connectivity index is 2.02. The van der Waals surface area contributed by atoms with Crippen LogP contribution in [0.4, 0.5) is 0 Å². The van der Waals surface area contributed by atoms with E-state index in [4.69, 9.17) is 21.3 Å². The van der Waals surface area contributed by atoms with Crippen LogP contribution in [0.2, 0.25) is 5.02 Å². The number of benzene rings is 2. The Labute approximate surface area is 145 Å². The lowest BCUT2D eigenvalue weighted by molar-refractivity contribution is 0.104. The summed E-state index contributed by atoms with van der Waals surface area (Å²) in [4.78, 5) is 16.1. The molecule has 0 saturated carbocycles. The first-order chi connectivity index (χ1) is 11.7. The van der Waals surface area contributed by atoms with Gasteiger partial charge in [0.1, 0.15) is 18.2 Å². The fourth-order valence-corrected chi connectivity index (χ4v) is 3.50. The number of aromatic nitrogens is 2. The fourth-order valence-electron chi connectivity index (χ4n) is 3.33. The number of imidazole rings is 1. The van der Waals surface area contributed by atoms with E-state index in [1.165, 1.54) is 0 Å². The molecule has 4 rings (SSSR count). The summed E-state index contributed by atoms with van der Waals surface area (Å²) in [5.74, 6) is 0.871. The third-order valence-electron chi connectivity index (χ3n) is 4.58. The lowest BCUT2D eigenvalue weighted by atomic mass is 10.1. The van der Waals surface area contributed by atoms with Gasteiger partial charge in [0.05, 0.1) is 16.7 Å². The van der Waals surface area contributed by atoms with E-state index in [0.29, 0.717) is 10.6 Å². The van der Waals surface area contributed by atoms with Crippen LogP contribution in [0.15, 0.2) is 36.4 Å². The van der Waals surface area contributed by atoms with Crippen LogP contribution in [0.5, 0.6) is 0 Å². The van der Waals surface area contributed by atoms with Gasteiger partial charge in [0.15, 0.2) is 0 Å². The number of halogens is 1. The highest BCUT2D eigenvalue weighted by atomic mass is 35.5. The molecule has 5 heteroatoms. The van der Waals surface area contributed by atoms with Crippen molar-refractivity contribution in [3.05, 3.63) is 58.4 Å². The molecule has 1 atom stereocenters. The summed E-state index contributed by atoms with van der Waals surface area (Å²) in [5.41, 5.74) is 4.37. The lowest BCUT2D eigenvalue weighted by Crippen LogP contribution is -2.09. The van der Waals surface area contributed by atoms with Gasteiger partial charge in [-0.25, -0.2) is 4.98 Å². The molecule has 2 aromatic carbocycles. The smallest absolute Gasteiger partial charge is 0.150 e. The predicted octanol–water partition coefficient (Wildman–Crippen LogP) is 4.65. The van der Waals surface area contributed by atoms with Gasteiger partial charge in [0.2, 0.25) is 0 Å². The van der Waals surface area contributed by atoms with Crippen molar-refractivity contribution in [2.75, 3.05) is 6.61 Å². The first kappa shape index (κ1) is 15.4. The second-order valence-electron chi connectivity index (χ2n) is 6.05. The largest absolute Gasteiger partial charge is 0.370 e. The van der Waals surface area contributed by atoms with Crippen LogP contribution in [0.3, 0.4) is 0 Å². The summed E-state index contributed by atoms with van der Waals surface area (Å²) < 4.78 is 7.97. The van der Waals surface area contributed by atoms with Gasteiger partial charge in [-0.05, 0) is 49.6 Å². The van der Waals surface area contributed by atoms with E-state index in [2.05, 4.69) is 4.57 Å². The standard InChI is InChI=1S/C19H17ClN2O2/c1-12-13(11-23)4-2-5-16(12)22-17-8-7-14(20)10-15(17)21-19(22)18-6-3-9-24-18/h2,4-5,7-8,10-11,18H,3,6,9H2,1H3. The zero-order chi connectivity index (χ0) is 16.7. The monoisotopic (exact) mass is 340 g/mol. The molecule has 1 aromatic heterocycles. The van der Waals surface area contributed by atoms with Crippen molar-refractivity contribution in [1.82, 2.24) is 9.55 Å². The maximum absolute atomic E-state index is 11.3. The molecule has 122 valence electrons. The second kappa shape index (κ2) is 6.04. The number of carbonyl (C=O) groups is 1. The number of aldehydes is 1. The van der Waals surface area contributed by atoms with E-state index in [-0.39, 0.29) is 6.10 Å². The van der Waals surface area contributed by atoms with Gasteiger partial charge in [-0.3, -0.25) is 9.36 Å².